The van der Waals surface area contributed by atoms with Crippen LogP contribution in [-0.4, -0.2) is 17.1 Å². The summed E-state index contributed by atoms with van der Waals surface area (Å²) in [5.74, 6) is 0.794. The zero-order valence-corrected chi connectivity index (χ0v) is 17.5. The first kappa shape index (κ1) is 17.9. The molecule has 2 aromatic heterocycles. The Kier molecular flexibility index (Phi) is 4.39. The second kappa shape index (κ2) is 6.61. The van der Waals surface area contributed by atoms with Gasteiger partial charge in [0.05, 0.1) is 28.3 Å². The lowest BCUT2D eigenvalue weighted by Crippen LogP contribution is -2.11. The average molecular weight is 421 g/mol. The Morgan fingerprint density at radius 2 is 1.63 bits per heavy atom. The lowest BCUT2D eigenvalue weighted by Gasteiger charge is -2.22. The van der Waals surface area contributed by atoms with Crippen LogP contribution >= 0.6 is 15.9 Å². The fraction of sp³-hybridized carbons (Fsp3) is 0.217. The van der Waals surface area contributed by atoms with Crippen LogP contribution in [0.1, 0.15) is 26.3 Å². The number of fused-ring (bicyclic) bond motifs is 3. The largest absolute Gasteiger partial charge is 0.495 e. The number of methoxy groups -OCH3 is 1. The van der Waals surface area contributed by atoms with Crippen molar-refractivity contribution < 1.29 is 4.74 Å². The summed E-state index contributed by atoms with van der Waals surface area (Å²) in [7, 11) is 1.69. The first-order valence-electron chi connectivity index (χ1n) is 8.91. The quantitative estimate of drug-likeness (QED) is 0.346. The maximum Gasteiger partial charge on any atom is 0.142 e. The Balaban J connectivity index is 2.02. The lowest BCUT2D eigenvalue weighted by atomic mass is 9.85. The molecule has 2 aromatic carbocycles. The molecule has 3 nitrogen and oxygen atoms in total. The highest BCUT2D eigenvalue weighted by atomic mass is 79.9. The third-order valence-corrected chi connectivity index (χ3v) is 5.41. The van der Waals surface area contributed by atoms with Gasteiger partial charge in [-0.2, -0.15) is 0 Å². The number of pyridine rings is 2. The van der Waals surface area contributed by atoms with E-state index in [1.165, 1.54) is 5.56 Å². The van der Waals surface area contributed by atoms with Gasteiger partial charge in [0.1, 0.15) is 5.75 Å². The highest BCUT2D eigenvalue weighted by Gasteiger charge is 2.20. The molecule has 0 fully saturated rings. The molecule has 0 N–H and O–H groups in total. The summed E-state index contributed by atoms with van der Waals surface area (Å²) in [6.45, 7) is 6.61. The maximum atomic E-state index is 5.70. The van der Waals surface area contributed by atoms with E-state index in [2.05, 4.69) is 78.1 Å². The van der Waals surface area contributed by atoms with Crippen LogP contribution in [0, 0.1) is 0 Å². The van der Waals surface area contributed by atoms with E-state index in [1.54, 1.807) is 7.11 Å². The summed E-state index contributed by atoms with van der Waals surface area (Å²) in [4.78, 5) is 9.54. The smallest absolute Gasteiger partial charge is 0.142 e. The van der Waals surface area contributed by atoms with Gasteiger partial charge in [0, 0.05) is 22.5 Å². The highest BCUT2D eigenvalue weighted by molar-refractivity contribution is 9.10. The Morgan fingerprint density at radius 3 is 2.33 bits per heavy atom. The van der Waals surface area contributed by atoms with Crippen molar-refractivity contribution in [3.8, 4) is 17.0 Å². The van der Waals surface area contributed by atoms with Crippen molar-refractivity contribution in [1.82, 2.24) is 9.97 Å². The summed E-state index contributed by atoms with van der Waals surface area (Å²) >= 11 is 3.67. The summed E-state index contributed by atoms with van der Waals surface area (Å²) in [5, 5.41) is 2.17. The minimum atomic E-state index is 0.0225. The van der Waals surface area contributed by atoms with Crippen molar-refractivity contribution in [2.75, 3.05) is 7.11 Å². The minimum absolute atomic E-state index is 0.0225. The molecule has 0 aliphatic heterocycles. The second-order valence-corrected chi connectivity index (χ2v) is 8.55. The molecule has 4 aromatic rings. The molecule has 0 aliphatic rings. The van der Waals surface area contributed by atoms with Gasteiger partial charge in [-0.1, -0.05) is 45.0 Å². The van der Waals surface area contributed by atoms with Gasteiger partial charge in [-0.3, -0.25) is 4.98 Å². The van der Waals surface area contributed by atoms with Gasteiger partial charge < -0.3 is 4.74 Å². The van der Waals surface area contributed by atoms with Gasteiger partial charge >= 0.3 is 0 Å². The van der Waals surface area contributed by atoms with E-state index in [4.69, 9.17) is 9.72 Å². The summed E-state index contributed by atoms with van der Waals surface area (Å²) in [6, 6.07) is 16.6. The van der Waals surface area contributed by atoms with Crippen molar-refractivity contribution >= 4 is 37.7 Å². The van der Waals surface area contributed by atoms with Crippen LogP contribution in [0.3, 0.4) is 0 Å². The minimum Gasteiger partial charge on any atom is -0.495 e. The number of hydrogen-bond donors (Lipinski definition) is 0. The maximum absolute atomic E-state index is 5.70. The number of hydrogen-bond acceptors (Lipinski definition) is 3. The van der Waals surface area contributed by atoms with E-state index in [0.29, 0.717) is 0 Å². The molecule has 0 spiro atoms. The molecule has 0 bridgehead atoms. The standard InChI is InChI=1S/C23H21BrN2O/c1-23(2,3)16-12-17(22(27-4)18(24)13-16)19-10-9-15-8-7-14-6-5-11-25-20(14)21(15)26-19/h5-13H,1-4H3. The molecular weight excluding hydrogens is 400 g/mol. The molecule has 0 saturated heterocycles. The molecule has 0 aliphatic carbocycles. The molecule has 4 heteroatoms. The Morgan fingerprint density at radius 1 is 0.926 bits per heavy atom. The molecule has 4 rings (SSSR count). The van der Waals surface area contributed by atoms with Crippen molar-refractivity contribution in [2.45, 2.75) is 26.2 Å². The van der Waals surface area contributed by atoms with Crippen molar-refractivity contribution in [3.05, 3.63) is 64.8 Å². The van der Waals surface area contributed by atoms with E-state index >= 15 is 0 Å². The second-order valence-electron chi connectivity index (χ2n) is 7.70. The molecule has 0 unspecified atom stereocenters. The molecule has 0 amide bonds. The lowest BCUT2D eigenvalue weighted by molar-refractivity contribution is 0.413. The molecule has 27 heavy (non-hydrogen) atoms. The summed E-state index contributed by atoms with van der Waals surface area (Å²) in [5.41, 5.74) is 4.93. The van der Waals surface area contributed by atoms with Gasteiger partial charge in [-0.15, -0.1) is 0 Å². The van der Waals surface area contributed by atoms with Gasteiger partial charge in [-0.25, -0.2) is 4.98 Å². The molecule has 0 atom stereocenters. The topological polar surface area (TPSA) is 35.0 Å². The summed E-state index contributed by atoms with van der Waals surface area (Å²) in [6.07, 6.45) is 1.81. The van der Waals surface area contributed by atoms with Gasteiger partial charge in [0.15, 0.2) is 0 Å². The third-order valence-electron chi connectivity index (χ3n) is 4.82. The number of ether oxygens (including phenoxy) is 1. The first-order chi connectivity index (χ1) is 12.9. The van der Waals surface area contributed by atoms with Crippen molar-refractivity contribution in [2.24, 2.45) is 0 Å². The van der Waals surface area contributed by atoms with Crippen LogP contribution in [0.5, 0.6) is 5.75 Å². The average Bonchev–Trinajstić information content (AvgIpc) is 2.66. The van der Waals surface area contributed by atoms with Crippen LogP contribution in [0.25, 0.3) is 33.1 Å². The molecule has 136 valence electrons. The zero-order valence-electron chi connectivity index (χ0n) is 15.9. The zero-order chi connectivity index (χ0) is 19.2. The molecular formula is C23H21BrN2O. The SMILES string of the molecule is COc1c(Br)cc(C(C)(C)C)cc1-c1ccc2ccc3cccnc3c2n1. The third kappa shape index (κ3) is 3.19. The van der Waals surface area contributed by atoms with Gasteiger partial charge in [0.2, 0.25) is 0 Å². The molecule has 2 heterocycles. The van der Waals surface area contributed by atoms with Crippen LogP contribution in [0.4, 0.5) is 0 Å². The number of rotatable bonds is 2. The summed E-state index contributed by atoms with van der Waals surface area (Å²) < 4.78 is 6.63. The number of benzene rings is 2. The number of halogens is 1. The van der Waals surface area contributed by atoms with Crippen LogP contribution in [-0.2, 0) is 5.41 Å². The van der Waals surface area contributed by atoms with Gasteiger partial charge in [-0.05, 0) is 51.2 Å². The van der Waals surface area contributed by atoms with Crippen molar-refractivity contribution in [3.63, 3.8) is 0 Å². The monoisotopic (exact) mass is 420 g/mol. The Bertz CT molecular complexity index is 1160. The fourth-order valence-corrected chi connectivity index (χ4v) is 3.92. The Labute approximate surface area is 167 Å². The fourth-order valence-electron chi connectivity index (χ4n) is 3.30. The van der Waals surface area contributed by atoms with E-state index in [1.807, 2.05) is 18.3 Å². The van der Waals surface area contributed by atoms with E-state index < -0.39 is 0 Å². The predicted octanol–water partition coefficient (Wildman–Crippen LogP) is 6.52. The number of nitrogens with zero attached hydrogens (tertiary/aromatic N) is 2. The first-order valence-corrected chi connectivity index (χ1v) is 9.70. The van der Waals surface area contributed by atoms with E-state index in [9.17, 15) is 0 Å². The Hall–Kier alpha value is -2.46. The normalized spacial score (nSPS) is 11.9. The van der Waals surface area contributed by atoms with E-state index in [0.717, 1.165) is 43.3 Å². The van der Waals surface area contributed by atoms with Crippen LogP contribution in [0.15, 0.2) is 59.2 Å². The highest BCUT2D eigenvalue weighted by Crippen LogP contribution is 2.40. The molecule has 0 saturated carbocycles. The van der Waals surface area contributed by atoms with Crippen LogP contribution < -0.4 is 4.74 Å². The van der Waals surface area contributed by atoms with E-state index in [-0.39, 0.29) is 5.41 Å². The van der Waals surface area contributed by atoms with Gasteiger partial charge in [0.25, 0.3) is 0 Å². The number of aromatic nitrogens is 2. The predicted molar refractivity (Wildman–Crippen MR) is 115 cm³/mol. The molecule has 0 radical (unpaired) electrons. The van der Waals surface area contributed by atoms with Crippen molar-refractivity contribution in [1.29, 1.82) is 0 Å². The van der Waals surface area contributed by atoms with Crippen LogP contribution in [0.2, 0.25) is 0 Å².